The zero-order valence-corrected chi connectivity index (χ0v) is 24.7. The van der Waals surface area contributed by atoms with E-state index >= 15 is 0 Å². The standard InChI is InChI=1S/C31H33NO13/c1-16-22(41-27(34)19-12-8-5-9-13-19)25-26(45-31(36)44-25)29(39-16)42-23-20(15-38-14-18-10-6-4-7-11-18)40-28(37-3)21-24(23)43-30(35)32(21)17(2)33/h4-13,16,20-26,28-29H,14-15H2,1-3H3/t16-,20+,21+,22-,23+,24+,25+,26+,28-,29+/m0/s1. The average Bonchev–Trinajstić information content (AvgIpc) is 3.60. The molecule has 0 aliphatic carbocycles. The Balaban J connectivity index is 1.24. The van der Waals surface area contributed by atoms with Gasteiger partial charge >= 0.3 is 18.2 Å². The molecule has 0 unspecified atom stereocenters. The summed E-state index contributed by atoms with van der Waals surface area (Å²) in [5.41, 5.74) is 1.22. The van der Waals surface area contributed by atoms with Gasteiger partial charge in [0.2, 0.25) is 5.91 Å². The van der Waals surface area contributed by atoms with Crippen molar-refractivity contribution in [1.82, 2.24) is 4.90 Å². The van der Waals surface area contributed by atoms with Gasteiger partial charge in [-0.25, -0.2) is 19.3 Å². The highest BCUT2D eigenvalue weighted by molar-refractivity contribution is 5.92. The molecule has 4 saturated heterocycles. The molecule has 0 aromatic heterocycles. The molecule has 2 aromatic rings. The van der Waals surface area contributed by atoms with Crippen molar-refractivity contribution in [3.8, 4) is 0 Å². The third kappa shape index (κ3) is 6.24. The molecule has 14 nitrogen and oxygen atoms in total. The fraction of sp³-hybridized carbons (Fsp3) is 0.484. The number of imide groups is 1. The molecule has 0 bridgehead atoms. The number of rotatable bonds is 9. The van der Waals surface area contributed by atoms with Crippen LogP contribution in [-0.4, -0.2) is 104 Å². The van der Waals surface area contributed by atoms with E-state index in [0.717, 1.165) is 10.5 Å². The summed E-state index contributed by atoms with van der Waals surface area (Å²) in [6.07, 6.45) is -11.3. The van der Waals surface area contributed by atoms with Crippen LogP contribution in [0.15, 0.2) is 60.7 Å². The molecule has 0 N–H and O–H groups in total. The van der Waals surface area contributed by atoms with E-state index in [1.165, 1.54) is 14.0 Å². The molecular formula is C31H33NO13. The van der Waals surface area contributed by atoms with Crippen LogP contribution in [0.4, 0.5) is 9.59 Å². The van der Waals surface area contributed by atoms with Gasteiger partial charge in [0.1, 0.15) is 18.2 Å². The molecule has 4 heterocycles. The topological polar surface area (TPSA) is 155 Å². The number of methoxy groups -OCH3 is 1. The first-order valence-corrected chi connectivity index (χ1v) is 14.5. The van der Waals surface area contributed by atoms with E-state index in [1.807, 2.05) is 30.3 Å². The van der Waals surface area contributed by atoms with E-state index in [0.29, 0.717) is 5.56 Å². The number of benzene rings is 2. The Hall–Kier alpha value is -4.08. The highest BCUT2D eigenvalue weighted by atomic mass is 16.8. The Morgan fingerprint density at radius 2 is 1.53 bits per heavy atom. The van der Waals surface area contributed by atoms with Crippen molar-refractivity contribution < 1.29 is 61.8 Å². The molecule has 4 aliphatic rings. The Kier molecular flexibility index (Phi) is 9.01. The third-order valence-corrected chi connectivity index (χ3v) is 8.05. The summed E-state index contributed by atoms with van der Waals surface area (Å²) in [4.78, 5) is 51.4. The molecule has 0 spiro atoms. The molecule has 240 valence electrons. The maximum atomic E-state index is 12.9. The largest absolute Gasteiger partial charge is 0.509 e. The van der Waals surface area contributed by atoms with E-state index in [1.54, 1.807) is 37.3 Å². The van der Waals surface area contributed by atoms with Gasteiger partial charge in [0.25, 0.3) is 0 Å². The predicted molar refractivity (Wildman–Crippen MR) is 148 cm³/mol. The smallest absolute Gasteiger partial charge is 0.452 e. The summed E-state index contributed by atoms with van der Waals surface area (Å²) < 4.78 is 52.4. The Morgan fingerprint density at radius 3 is 2.22 bits per heavy atom. The van der Waals surface area contributed by atoms with Gasteiger partial charge in [0.15, 0.2) is 37.0 Å². The van der Waals surface area contributed by atoms with Crippen LogP contribution >= 0.6 is 0 Å². The van der Waals surface area contributed by atoms with Crippen molar-refractivity contribution in [2.45, 2.75) is 81.8 Å². The fourth-order valence-corrected chi connectivity index (χ4v) is 5.97. The number of fused-ring (bicyclic) bond motifs is 2. The zero-order chi connectivity index (χ0) is 31.7. The Morgan fingerprint density at radius 1 is 0.844 bits per heavy atom. The summed E-state index contributed by atoms with van der Waals surface area (Å²) in [6, 6.07) is 16.8. The van der Waals surface area contributed by atoms with Crippen molar-refractivity contribution in [3.63, 3.8) is 0 Å². The minimum atomic E-state index is -1.27. The maximum Gasteiger partial charge on any atom is 0.509 e. The van der Waals surface area contributed by atoms with Crippen LogP contribution in [0.1, 0.15) is 29.8 Å². The average molecular weight is 628 g/mol. The number of amides is 2. The molecule has 6 rings (SSSR count). The first kappa shape index (κ1) is 30.9. The van der Waals surface area contributed by atoms with Crippen LogP contribution in [0, 0.1) is 0 Å². The van der Waals surface area contributed by atoms with Crippen LogP contribution in [0.5, 0.6) is 0 Å². The molecule has 2 aromatic carbocycles. The summed E-state index contributed by atoms with van der Waals surface area (Å²) in [6.45, 7) is 3.09. The minimum absolute atomic E-state index is 0.0236. The number of hydrogen-bond donors (Lipinski definition) is 0. The Labute approximate surface area is 258 Å². The summed E-state index contributed by atoms with van der Waals surface area (Å²) in [5.74, 6) is -1.21. The van der Waals surface area contributed by atoms with Crippen LogP contribution in [0.2, 0.25) is 0 Å². The quantitative estimate of drug-likeness (QED) is 0.296. The molecule has 0 radical (unpaired) electrons. The van der Waals surface area contributed by atoms with Crippen LogP contribution in [0.25, 0.3) is 0 Å². The number of hydrogen-bond acceptors (Lipinski definition) is 13. The second kappa shape index (κ2) is 13.1. The SMILES string of the molecule is CO[C@H]1O[C@H](COCc2ccccc2)[C@@H](O[C@H]2O[C@@H](C)[C@H](OC(=O)c3ccccc3)[C@H]3OC(=O)O[C@@H]23)[C@@H]2OC(=O)N(C(C)=O)[C@@H]12. The maximum absolute atomic E-state index is 12.9. The van der Waals surface area contributed by atoms with E-state index in [9.17, 15) is 19.2 Å². The first-order chi connectivity index (χ1) is 21.7. The normalized spacial score (nSPS) is 33.8. The molecular weight excluding hydrogens is 594 g/mol. The monoisotopic (exact) mass is 627 g/mol. The highest BCUT2D eigenvalue weighted by Gasteiger charge is 2.62. The van der Waals surface area contributed by atoms with Crippen molar-refractivity contribution in [2.75, 3.05) is 13.7 Å². The highest BCUT2D eigenvalue weighted by Crippen LogP contribution is 2.39. The lowest BCUT2D eigenvalue weighted by Crippen LogP contribution is -2.65. The van der Waals surface area contributed by atoms with E-state index < -0.39 is 85.5 Å². The van der Waals surface area contributed by atoms with Gasteiger partial charge in [0.05, 0.1) is 24.9 Å². The fourth-order valence-electron chi connectivity index (χ4n) is 5.97. The van der Waals surface area contributed by atoms with Crippen molar-refractivity contribution >= 4 is 24.1 Å². The van der Waals surface area contributed by atoms with Crippen LogP contribution < -0.4 is 0 Å². The summed E-state index contributed by atoms with van der Waals surface area (Å²) in [5, 5.41) is 0. The second-order valence-corrected chi connectivity index (χ2v) is 11.0. The molecule has 4 aliphatic heterocycles. The van der Waals surface area contributed by atoms with E-state index in [4.69, 9.17) is 42.6 Å². The third-order valence-electron chi connectivity index (χ3n) is 8.05. The van der Waals surface area contributed by atoms with Crippen molar-refractivity contribution in [2.24, 2.45) is 0 Å². The van der Waals surface area contributed by atoms with Gasteiger partial charge in [-0.05, 0) is 24.6 Å². The predicted octanol–water partition coefficient (Wildman–Crippen LogP) is 2.57. The molecule has 45 heavy (non-hydrogen) atoms. The van der Waals surface area contributed by atoms with Gasteiger partial charge in [0, 0.05) is 14.0 Å². The van der Waals surface area contributed by atoms with Crippen molar-refractivity contribution in [3.05, 3.63) is 71.8 Å². The van der Waals surface area contributed by atoms with Crippen LogP contribution in [0.3, 0.4) is 0 Å². The molecule has 2 amide bonds. The summed E-state index contributed by atoms with van der Waals surface area (Å²) >= 11 is 0. The van der Waals surface area contributed by atoms with Crippen molar-refractivity contribution in [1.29, 1.82) is 0 Å². The molecule has 4 fully saturated rings. The number of esters is 1. The van der Waals surface area contributed by atoms with E-state index in [2.05, 4.69) is 0 Å². The molecule has 14 heteroatoms. The minimum Gasteiger partial charge on any atom is -0.452 e. The lowest BCUT2D eigenvalue weighted by atomic mass is 9.95. The van der Waals surface area contributed by atoms with Gasteiger partial charge in [-0.15, -0.1) is 0 Å². The summed E-state index contributed by atoms with van der Waals surface area (Å²) in [7, 11) is 1.38. The van der Waals surface area contributed by atoms with Crippen LogP contribution in [-0.2, 0) is 54.0 Å². The zero-order valence-electron chi connectivity index (χ0n) is 24.7. The lowest BCUT2D eigenvalue weighted by Gasteiger charge is -2.45. The second-order valence-electron chi connectivity index (χ2n) is 11.0. The molecule has 10 atom stereocenters. The number of carbonyl (C=O) groups is 4. The number of carbonyl (C=O) groups excluding carboxylic acids is 4. The number of nitrogens with zero attached hydrogens (tertiary/aromatic N) is 1. The first-order valence-electron chi connectivity index (χ1n) is 14.5. The van der Waals surface area contributed by atoms with Gasteiger partial charge in [-0.1, -0.05) is 48.5 Å². The van der Waals surface area contributed by atoms with Gasteiger partial charge in [-0.2, -0.15) is 0 Å². The Bertz CT molecular complexity index is 1390. The van der Waals surface area contributed by atoms with Gasteiger partial charge < -0.3 is 42.6 Å². The van der Waals surface area contributed by atoms with Gasteiger partial charge in [-0.3, -0.25) is 4.79 Å². The lowest BCUT2D eigenvalue weighted by molar-refractivity contribution is -0.329. The molecule has 0 saturated carbocycles. The number of ether oxygens (including phenoxy) is 9. The van der Waals surface area contributed by atoms with E-state index in [-0.39, 0.29) is 13.2 Å².